The normalized spacial score (nSPS) is 58.8. The van der Waals surface area contributed by atoms with Crippen LogP contribution >= 0.6 is 0 Å². The lowest BCUT2D eigenvalue weighted by molar-refractivity contribution is -0.389. The van der Waals surface area contributed by atoms with Crippen LogP contribution in [0.1, 0.15) is 64.4 Å². The number of aliphatic hydroxyl groups is 4. The number of hydrogen-bond donors (Lipinski definition) is 6. The summed E-state index contributed by atoms with van der Waals surface area (Å²) in [6.07, 6.45) is -0.722. The zero-order chi connectivity index (χ0) is 26.8. The Bertz CT molecular complexity index is 1210. The third kappa shape index (κ3) is 1.85. The Morgan fingerprint density at radius 1 is 1.24 bits per heavy atom. The second-order valence-electron chi connectivity index (χ2n) is 12.9. The third-order valence-electron chi connectivity index (χ3n) is 11.8. The Kier molecular flexibility index (Phi) is 4.16. The van der Waals surface area contributed by atoms with E-state index in [-0.39, 0.29) is 24.5 Å². The molecule has 6 bridgehead atoms. The third-order valence-corrected chi connectivity index (χ3v) is 11.8. The molecule has 6 N–H and O–H groups in total. The summed E-state index contributed by atoms with van der Waals surface area (Å²) in [5.74, 6) is -3.92. The Hall–Kier alpha value is -1.51. The minimum atomic E-state index is -2.30. The summed E-state index contributed by atoms with van der Waals surface area (Å²) in [6.45, 7) is 8.42. The molecule has 37 heavy (non-hydrogen) atoms. The van der Waals surface area contributed by atoms with Gasteiger partial charge >= 0.3 is 13.3 Å². The van der Waals surface area contributed by atoms with Gasteiger partial charge in [-0.25, -0.2) is 4.79 Å². The second kappa shape index (κ2) is 6.28. The van der Waals surface area contributed by atoms with Gasteiger partial charge in [-0.05, 0) is 43.7 Å². The summed E-state index contributed by atoms with van der Waals surface area (Å²) in [5.41, 5.74) is -13.6. The number of H-pyrrole nitrogens is 1. The van der Waals surface area contributed by atoms with Gasteiger partial charge < -0.3 is 49.2 Å². The average molecular weight is 519 g/mol. The molecular weight excluding hydrogens is 485 g/mol. The molecule has 7 fully saturated rings. The van der Waals surface area contributed by atoms with E-state index in [1.807, 2.05) is 6.92 Å². The highest BCUT2D eigenvalue weighted by molar-refractivity contribution is 6.35. The van der Waals surface area contributed by atoms with E-state index in [0.29, 0.717) is 6.42 Å². The average Bonchev–Trinajstić information content (AvgIpc) is 3.45. The molecule has 4 aliphatic carbocycles. The van der Waals surface area contributed by atoms with E-state index in [4.69, 9.17) is 18.8 Å². The molecule has 11 atom stereocenters. The first-order chi connectivity index (χ1) is 17.1. The number of nitrogens with one attached hydrogen (secondary N) is 1. The van der Waals surface area contributed by atoms with E-state index >= 15 is 0 Å². The first-order valence-electron chi connectivity index (χ1n) is 13.0. The highest BCUT2D eigenvalue weighted by Crippen LogP contribution is 2.92. The molecule has 8 rings (SSSR count). The van der Waals surface area contributed by atoms with Crippen molar-refractivity contribution in [3.8, 4) is 0 Å². The molecular formula is C25H34BNO10. The van der Waals surface area contributed by atoms with Crippen molar-refractivity contribution in [3.63, 3.8) is 0 Å². The molecule has 0 aromatic carbocycles. The van der Waals surface area contributed by atoms with Crippen molar-refractivity contribution >= 4 is 13.3 Å². The monoisotopic (exact) mass is 519 g/mol. The summed E-state index contributed by atoms with van der Waals surface area (Å²) in [6, 6.07) is 3.12. The molecule has 0 amide bonds. The van der Waals surface area contributed by atoms with Crippen LogP contribution in [0.15, 0.2) is 18.3 Å². The standard InChI is InChI=1S/C25H34BNO10/c1-12(2)22(31)17(34-16(28)14-7-6-10-27-14)23(32)18(4)11-21(30)19(22,5)25(23)24(36-21)15(35-26(33)37-25)13(3)8-9-20(18,24)29/h6-7,10,12-13,15,17,27,29-33H,8-9,11H2,1-5H3/t13?,15?,17-,18+,19-,20+,21+,22-,23-,24?,25-/m1/s1. The molecule has 2 spiro atoms. The zero-order valence-corrected chi connectivity index (χ0v) is 21.5. The van der Waals surface area contributed by atoms with Gasteiger partial charge in [-0.3, -0.25) is 0 Å². The van der Waals surface area contributed by atoms with E-state index in [0.717, 1.165) is 0 Å². The first-order valence-corrected chi connectivity index (χ1v) is 13.0. The largest absolute Gasteiger partial charge is 0.637 e. The number of hydrogen-bond acceptors (Lipinski definition) is 10. The van der Waals surface area contributed by atoms with Crippen molar-refractivity contribution in [2.75, 3.05) is 0 Å². The second-order valence-corrected chi connectivity index (χ2v) is 12.9. The topological polar surface area (TPSA) is 171 Å². The van der Waals surface area contributed by atoms with Crippen LogP contribution in [0.4, 0.5) is 0 Å². The summed E-state index contributed by atoms with van der Waals surface area (Å²) in [4.78, 5) is 16.1. The smallest absolute Gasteiger partial charge is 0.451 e. The number of rotatable bonds is 3. The number of carbonyl (C=O) groups excluding carboxylic acids is 1. The van der Waals surface area contributed by atoms with Crippen LogP contribution < -0.4 is 0 Å². The van der Waals surface area contributed by atoms with Gasteiger partial charge in [0.1, 0.15) is 28.1 Å². The highest BCUT2D eigenvalue weighted by Gasteiger charge is 3.11. The highest BCUT2D eigenvalue weighted by atomic mass is 16.8. The Balaban J connectivity index is 1.59. The number of carbonyl (C=O) groups is 1. The number of esters is 1. The number of ether oxygens (including phenoxy) is 2. The first kappa shape index (κ1) is 24.5. The van der Waals surface area contributed by atoms with E-state index in [9.17, 15) is 30.2 Å². The van der Waals surface area contributed by atoms with Gasteiger partial charge in [-0.1, -0.05) is 27.7 Å². The zero-order valence-electron chi connectivity index (χ0n) is 21.5. The lowest BCUT2D eigenvalue weighted by atomic mass is 9.52. The van der Waals surface area contributed by atoms with Crippen LogP contribution in [0.3, 0.4) is 0 Å². The van der Waals surface area contributed by atoms with Crippen molar-refractivity contribution < 1.29 is 49.0 Å². The van der Waals surface area contributed by atoms with Gasteiger partial charge in [0.05, 0.1) is 11.5 Å². The van der Waals surface area contributed by atoms with Crippen molar-refractivity contribution in [2.24, 2.45) is 22.7 Å². The molecule has 1 aromatic heterocycles. The molecule has 3 saturated heterocycles. The molecule has 4 heterocycles. The van der Waals surface area contributed by atoms with Gasteiger partial charge in [0.2, 0.25) is 0 Å². The van der Waals surface area contributed by atoms with Crippen LogP contribution in [-0.4, -0.2) is 89.7 Å². The van der Waals surface area contributed by atoms with Gasteiger partial charge in [-0.2, -0.15) is 0 Å². The summed E-state index contributed by atoms with van der Waals surface area (Å²) >= 11 is 0. The fraction of sp³-hybridized carbons (Fsp3) is 0.800. The predicted molar refractivity (Wildman–Crippen MR) is 124 cm³/mol. The van der Waals surface area contributed by atoms with Gasteiger partial charge in [0.15, 0.2) is 17.5 Å². The maximum atomic E-state index is 13.4. The molecule has 1 aromatic rings. The van der Waals surface area contributed by atoms with E-state index in [1.54, 1.807) is 33.0 Å². The lowest BCUT2D eigenvalue weighted by Crippen LogP contribution is -2.80. The van der Waals surface area contributed by atoms with Gasteiger partial charge in [-0.15, -0.1) is 0 Å². The quantitative estimate of drug-likeness (QED) is 0.233. The molecule has 3 unspecified atom stereocenters. The van der Waals surface area contributed by atoms with Crippen molar-refractivity contribution in [1.82, 2.24) is 4.98 Å². The SMILES string of the molecule is CC1CC[C@@]2(O)C34O[C@@]5(O)C[C@]2(C)[C@]2(O)[C@H](OC(=O)c6ccc[nH]6)[C@](O)(C(C)C)[C@]5(C)[C@]32OB(O)OC14. The molecule has 11 nitrogen and oxygen atoms in total. The molecule has 0 radical (unpaired) electrons. The maximum Gasteiger partial charge on any atom is 0.637 e. The summed E-state index contributed by atoms with van der Waals surface area (Å²) < 4.78 is 24.6. The molecule has 3 aliphatic heterocycles. The minimum Gasteiger partial charge on any atom is -0.451 e. The van der Waals surface area contributed by atoms with Crippen LogP contribution in [-0.2, 0) is 18.8 Å². The van der Waals surface area contributed by atoms with Crippen LogP contribution in [0.2, 0.25) is 0 Å². The summed E-state index contributed by atoms with van der Waals surface area (Å²) in [7, 11) is -1.85. The molecule has 7 aliphatic rings. The van der Waals surface area contributed by atoms with E-state index < -0.39 is 76.0 Å². The Morgan fingerprint density at radius 2 is 1.95 bits per heavy atom. The molecule has 202 valence electrons. The molecule has 12 heteroatoms. The Labute approximate surface area is 214 Å². The van der Waals surface area contributed by atoms with Crippen molar-refractivity contribution in [1.29, 1.82) is 0 Å². The minimum absolute atomic E-state index is 0.102. The van der Waals surface area contributed by atoms with E-state index in [1.165, 1.54) is 13.0 Å². The maximum absolute atomic E-state index is 13.4. The van der Waals surface area contributed by atoms with E-state index in [2.05, 4.69) is 4.98 Å². The van der Waals surface area contributed by atoms with Crippen LogP contribution in [0, 0.1) is 22.7 Å². The van der Waals surface area contributed by atoms with Gasteiger partial charge in [0, 0.05) is 18.0 Å². The number of aromatic nitrogens is 1. The summed E-state index contributed by atoms with van der Waals surface area (Å²) in [5, 5.41) is 61.8. The predicted octanol–water partition coefficient (Wildman–Crippen LogP) is -0.148. The fourth-order valence-electron chi connectivity index (χ4n) is 10.3. The van der Waals surface area contributed by atoms with Gasteiger partial charge in [0.25, 0.3) is 0 Å². The molecule has 4 saturated carbocycles. The van der Waals surface area contributed by atoms with Crippen LogP contribution in [0.25, 0.3) is 0 Å². The fourth-order valence-corrected chi connectivity index (χ4v) is 10.3. The van der Waals surface area contributed by atoms with Crippen LogP contribution in [0.5, 0.6) is 0 Å². The van der Waals surface area contributed by atoms with Crippen molar-refractivity contribution in [3.05, 3.63) is 24.0 Å². The Morgan fingerprint density at radius 3 is 2.57 bits per heavy atom. The lowest BCUT2D eigenvalue weighted by Gasteiger charge is -2.61. The number of aromatic amines is 1. The van der Waals surface area contributed by atoms with Crippen molar-refractivity contribution in [2.45, 2.75) is 99.9 Å².